The number of nitrogens with zero attached hydrogens (tertiary/aromatic N) is 1. The number of rotatable bonds is 4. The van der Waals surface area contributed by atoms with E-state index in [2.05, 4.69) is 5.32 Å². The lowest BCUT2D eigenvalue weighted by atomic mass is 10.2. The van der Waals surface area contributed by atoms with Crippen LogP contribution in [0, 0.1) is 0 Å². The fourth-order valence-corrected chi connectivity index (χ4v) is 2.48. The first kappa shape index (κ1) is 14.2. The highest BCUT2D eigenvalue weighted by Gasteiger charge is 2.32. The molecule has 2 heterocycles. The summed E-state index contributed by atoms with van der Waals surface area (Å²) in [4.78, 5) is 25.7. The Kier molecular flexibility index (Phi) is 3.82. The quantitative estimate of drug-likeness (QED) is 0.935. The Morgan fingerprint density at radius 1 is 1.32 bits per heavy atom. The predicted molar refractivity (Wildman–Crippen MR) is 79.9 cm³/mol. The fraction of sp³-hybridized carbons (Fsp3) is 0.250. The van der Waals surface area contributed by atoms with Crippen molar-refractivity contribution in [2.45, 2.75) is 12.5 Å². The molecule has 1 aromatic carbocycles. The van der Waals surface area contributed by atoms with E-state index < -0.39 is 0 Å². The maximum absolute atomic E-state index is 12.1. The standard InChI is InChI=1S/C16H16N2O4/c1-21-13-6-4-12(5-7-13)18-10-11(9-15(18)19)17-16(20)14-3-2-8-22-14/h2-8,11H,9-10H2,1H3,(H,17,20)/t11-/m1/s1. The van der Waals surface area contributed by atoms with Crippen LogP contribution in [0.15, 0.2) is 47.1 Å². The number of hydrogen-bond donors (Lipinski definition) is 1. The van der Waals surface area contributed by atoms with E-state index in [1.165, 1.54) is 6.26 Å². The van der Waals surface area contributed by atoms with Crippen molar-refractivity contribution in [1.29, 1.82) is 0 Å². The van der Waals surface area contributed by atoms with E-state index in [-0.39, 0.29) is 30.0 Å². The van der Waals surface area contributed by atoms with Gasteiger partial charge >= 0.3 is 0 Å². The van der Waals surface area contributed by atoms with Crippen molar-refractivity contribution in [2.75, 3.05) is 18.6 Å². The third-order valence-electron chi connectivity index (χ3n) is 3.59. The van der Waals surface area contributed by atoms with Gasteiger partial charge in [0.25, 0.3) is 5.91 Å². The summed E-state index contributed by atoms with van der Waals surface area (Å²) in [5, 5.41) is 2.81. The van der Waals surface area contributed by atoms with E-state index in [0.29, 0.717) is 6.54 Å². The van der Waals surface area contributed by atoms with E-state index in [1.54, 1.807) is 36.3 Å². The Labute approximate surface area is 127 Å². The Morgan fingerprint density at radius 2 is 2.09 bits per heavy atom. The first-order valence-corrected chi connectivity index (χ1v) is 6.96. The zero-order chi connectivity index (χ0) is 15.5. The zero-order valence-electron chi connectivity index (χ0n) is 12.1. The van der Waals surface area contributed by atoms with Crippen LogP contribution in [0.4, 0.5) is 5.69 Å². The van der Waals surface area contributed by atoms with Gasteiger partial charge in [-0.25, -0.2) is 0 Å². The molecule has 0 spiro atoms. The van der Waals surface area contributed by atoms with Crippen LogP contribution >= 0.6 is 0 Å². The molecule has 6 nitrogen and oxygen atoms in total. The van der Waals surface area contributed by atoms with Gasteiger partial charge in [-0.3, -0.25) is 9.59 Å². The van der Waals surface area contributed by atoms with E-state index in [9.17, 15) is 9.59 Å². The third kappa shape index (κ3) is 2.81. The van der Waals surface area contributed by atoms with Gasteiger partial charge in [-0.15, -0.1) is 0 Å². The molecule has 114 valence electrons. The van der Waals surface area contributed by atoms with Crippen molar-refractivity contribution in [1.82, 2.24) is 5.32 Å². The van der Waals surface area contributed by atoms with Crippen molar-refractivity contribution < 1.29 is 18.7 Å². The predicted octanol–water partition coefficient (Wildman–Crippen LogP) is 1.82. The van der Waals surface area contributed by atoms with Gasteiger partial charge in [0.05, 0.1) is 19.4 Å². The number of amides is 2. The van der Waals surface area contributed by atoms with Crippen LogP contribution in [0.25, 0.3) is 0 Å². The monoisotopic (exact) mass is 300 g/mol. The van der Waals surface area contributed by atoms with Crippen LogP contribution in [-0.2, 0) is 4.79 Å². The Bertz CT molecular complexity index is 664. The molecule has 0 bridgehead atoms. The van der Waals surface area contributed by atoms with Crippen molar-refractivity contribution in [3.8, 4) is 5.75 Å². The smallest absolute Gasteiger partial charge is 0.287 e. The lowest BCUT2D eigenvalue weighted by Gasteiger charge is -2.17. The summed E-state index contributed by atoms with van der Waals surface area (Å²) >= 11 is 0. The minimum Gasteiger partial charge on any atom is -0.497 e. The van der Waals surface area contributed by atoms with Crippen molar-refractivity contribution >= 4 is 17.5 Å². The molecule has 0 unspecified atom stereocenters. The summed E-state index contributed by atoms with van der Waals surface area (Å²) in [7, 11) is 1.59. The molecule has 6 heteroatoms. The van der Waals surface area contributed by atoms with E-state index in [1.807, 2.05) is 12.1 Å². The minimum absolute atomic E-state index is 0.0186. The molecule has 1 aliphatic heterocycles. The number of furan rings is 1. The number of hydrogen-bond acceptors (Lipinski definition) is 4. The lowest BCUT2D eigenvalue weighted by Crippen LogP contribution is -2.37. The van der Waals surface area contributed by atoms with Gasteiger partial charge in [0, 0.05) is 18.7 Å². The number of ether oxygens (including phenoxy) is 1. The molecule has 1 fully saturated rings. The van der Waals surface area contributed by atoms with Crippen LogP contribution in [0.1, 0.15) is 17.0 Å². The van der Waals surface area contributed by atoms with Gasteiger partial charge in [-0.1, -0.05) is 0 Å². The largest absolute Gasteiger partial charge is 0.497 e. The molecule has 0 saturated carbocycles. The Balaban J connectivity index is 1.66. The molecule has 0 aliphatic carbocycles. The highest BCUT2D eigenvalue weighted by Crippen LogP contribution is 2.24. The number of carbonyl (C=O) groups is 2. The molecular formula is C16H16N2O4. The summed E-state index contributed by atoms with van der Waals surface area (Å²) in [6, 6.07) is 10.3. The molecule has 3 rings (SSSR count). The third-order valence-corrected chi connectivity index (χ3v) is 3.59. The average Bonchev–Trinajstić information content (AvgIpc) is 3.17. The first-order valence-electron chi connectivity index (χ1n) is 6.96. The second-order valence-electron chi connectivity index (χ2n) is 5.05. The number of anilines is 1. The number of nitrogens with one attached hydrogen (secondary N) is 1. The maximum atomic E-state index is 12.1. The molecule has 1 atom stereocenters. The molecule has 2 amide bonds. The van der Waals surface area contributed by atoms with Crippen LogP contribution < -0.4 is 15.0 Å². The topological polar surface area (TPSA) is 71.8 Å². The van der Waals surface area contributed by atoms with Gasteiger partial charge in [0.15, 0.2) is 5.76 Å². The summed E-state index contributed by atoms with van der Waals surface area (Å²) in [5.41, 5.74) is 0.792. The van der Waals surface area contributed by atoms with E-state index in [0.717, 1.165) is 11.4 Å². The number of methoxy groups -OCH3 is 1. The maximum Gasteiger partial charge on any atom is 0.287 e. The SMILES string of the molecule is COc1ccc(N2C[C@H](NC(=O)c3ccco3)CC2=O)cc1. The zero-order valence-corrected chi connectivity index (χ0v) is 12.1. The van der Waals surface area contributed by atoms with Crippen LogP contribution in [0.5, 0.6) is 5.75 Å². The molecule has 1 saturated heterocycles. The van der Waals surface area contributed by atoms with Gasteiger partial charge in [-0.05, 0) is 36.4 Å². The number of carbonyl (C=O) groups excluding carboxylic acids is 2. The first-order chi connectivity index (χ1) is 10.7. The van der Waals surface area contributed by atoms with E-state index >= 15 is 0 Å². The fourth-order valence-electron chi connectivity index (χ4n) is 2.48. The van der Waals surface area contributed by atoms with Crippen molar-refractivity contribution in [3.05, 3.63) is 48.4 Å². The van der Waals surface area contributed by atoms with Crippen molar-refractivity contribution in [2.24, 2.45) is 0 Å². The van der Waals surface area contributed by atoms with Crippen LogP contribution in [0.2, 0.25) is 0 Å². The number of benzene rings is 1. The highest BCUT2D eigenvalue weighted by molar-refractivity contribution is 5.98. The second-order valence-corrected chi connectivity index (χ2v) is 5.05. The average molecular weight is 300 g/mol. The summed E-state index contributed by atoms with van der Waals surface area (Å²) in [6.07, 6.45) is 1.72. The molecule has 1 aliphatic rings. The molecule has 1 aromatic heterocycles. The Morgan fingerprint density at radius 3 is 2.73 bits per heavy atom. The van der Waals surface area contributed by atoms with Crippen molar-refractivity contribution in [3.63, 3.8) is 0 Å². The van der Waals surface area contributed by atoms with Gasteiger partial charge < -0.3 is 19.4 Å². The van der Waals surface area contributed by atoms with Gasteiger partial charge in [0.2, 0.25) is 5.91 Å². The van der Waals surface area contributed by atoms with Crippen LogP contribution in [0.3, 0.4) is 0 Å². The molecule has 1 N–H and O–H groups in total. The second kappa shape index (κ2) is 5.93. The Hall–Kier alpha value is -2.76. The minimum atomic E-state index is -0.306. The normalized spacial score (nSPS) is 17.6. The summed E-state index contributed by atoms with van der Waals surface area (Å²) in [5.74, 6) is 0.655. The van der Waals surface area contributed by atoms with Gasteiger partial charge in [-0.2, -0.15) is 0 Å². The lowest BCUT2D eigenvalue weighted by molar-refractivity contribution is -0.117. The summed E-state index contributed by atoms with van der Waals surface area (Å²) < 4.78 is 10.1. The highest BCUT2D eigenvalue weighted by atomic mass is 16.5. The van der Waals surface area contributed by atoms with Crippen LogP contribution in [-0.4, -0.2) is 31.5 Å². The van der Waals surface area contributed by atoms with Gasteiger partial charge in [0.1, 0.15) is 5.75 Å². The molecular weight excluding hydrogens is 284 g/mol. The molecule has 22 heavy (non-hydrogen) atoms. The molecule has 0 radical (unpaired) electrons. The van der Waals surface area contributed by atoms with E-state index in [4.69, 9.17) is 9.15 Å². The summed E-state index contributed by atoms with van der Waals surface area (Å²) in [6.45, 7) is 0.442. The molecule has 2 aromatic rings.